The van der Waals surface area contributed by atoms with Gasteiger partial charge >= 0.3 is 0 Å². The summed E-state index contributed by atoms with van der Waals surface area (Å²) in [6, 6.07) is 13.0. The number of ether oxygens (including phenoxy) is 2. The molecule has 0 saturated heterocycles. The van der Waals surface area contributed by atoms with Crippen molar-refractivity contribution < 1.29 is 23.6 Å². The summed E-state index contributed by atoms with van der Waals surface area (Å²) in [6.45, 7) is 2.64. The van der Waals surface area contributed by atoms with Crippen molar-refractivity contribution in [3.05, 3.63) is 79.1 Å². The number of rotatable bonds is 8. The highest BCUT2D eigenvalue weighted by Gasteiger charge is 2.18. The molecular weight excluding hydrogens is 524 g/mol. The minimum absolute atomic E-state index is 0.0810. The quantitative estimate of drug-likeness (QED) is 0.280. The Morgan fingerprint density at radius 3 is 2.23 bits per heavy atom. The molecule has 0 fully saturated rings. The number of furan rings is 1. The number of anilines is 1. The predicted octanol–water partition coefficient (Wildman–Crippen LogP) is 5.94. The molecule has 30 heavy (non-hydrogen) atoms. The molecule has 1 heterocycles. The van der Waals surface area contributed by atoms with Crippen molar-refractivity contribution in [3.8, 4) is 11.5 Å². The van der Waals surface area contributed by atoms with Crippen LogP contribution < -0.4 is 14.8 Å². The average molecular weight is 540 g/mol. The highest BCUT2D eigenvalue weighted by atomic mass is 79.9. The first-order valence-corrected chi connectivity index (χ1v) is 10.3. The van der Waals surface area contributed by atoms with Gasteiger partial charge in [-0.1, -0.05) is 0 Å². The maximum Gasteiger partial charge on any atom is 0.291 e. The summed E-state index contributed by atoms with van der Waals surface area (Å²) in [5.41, 5.74) is 0.243. The molecule has 0 saturated carbocycles. The third-order valence-corrected chi connectivity index (χ3v) is 5.13. The Morgan fingerprint density at radius 2 is 1.67 bits per heavy atom. The second kappa shape index (κ2) is 9.77. The molecule has 1 aromatic heterocycles. The molecule has 0 bridgehead atoms. The van der Waals surface area contributed by atoms with Crippen LogP contribution in [0, 0.1) is 10.1 Å². The first-order chi connectivity index (χ1) is 14.4. The molecule has 0 aliphatic carbocycles. The number of hydrogen-bond acceptors (Lipinski definition) is 6. The van der Waals surface area contributed by atoms with Gasteiger partial charge in [0.15, 0.2) is 5.76 Å². The number of nitrogens with one attached hydrogen (secondary N) is 1. The number of carbonyl (C=O) groups excluding carboxylic acids is 1. The van der Waals surface area contributed by atoms with Gasteiger partial charge in [0.1, 0.15) is 23.9 Å². The molecule has 8 nitrogen and oxygen atoms in total. The van der Waals surface area contributed by atoms with E-state index in [-0.39, 0.29) is 18.1 Å². The Morgan fingerprint density at radius 1 is 1.07 bits per heavy atom. The van der Waals surface area contributed by atoms with Crippen molar-refractivity contribution in [2.45, 2.75) is 13.5 Å². The predicted molar refractivity (Wildman–Crippen MR) is 117 cm³/mol. The molecule has 0 spiro atoms. The molecule has 2 aromatic carbocycles. The lowest BCUT2D eigenvalue weighted by Crippen LogP contribution is -2.12. The molecule has 1 amide bonds. The van der Waals surface area contributed by atoms with Gasteiger partial charge in [-0.15, -0.1) is 0 Å². The third-order valence-electron chi connectivity index (χ3n) is 3.88. The van der Waals surface area contributed by atoms with Gasteiger partial charge in [0.25, 0.3) is 11.6 Å². The second-order valence-corrected chi connectivity index (χ2v) is 7.66. The number of carbonyl (C=O) groups is 1. The molecule has 3 rings (SSSR count). The van der Waals surface area contributed by atoms with E-state index >= 15 is 0 Å². The zero-order valence-corrected chi connectivity index (χ0v) is 18.9. The van der Waals surface area contributed by atoms with E-state index < -0.39 is 10.8 Å². The van der Waals surface area contributed by atoms with Gasteiger partial charge in [0.2, 0.25) is 0 Å². The van der Waals surface area contributed by atoms with Crippen molar-refractivity contribution in [1.29, 1.82) is 0 Å². The van der Waals surface area contributed by atoms with Crippen LogP contribution in [0.1, 0.15) is 23.2 Å². The number of hydrogen-bond donors (Lipinski definition) is 1. The van der Waals surface area contributed by atoms with E-state index in [1.165, 1.54) is 18.2 Å². The lowest BCUT2D eigenvalue weighted by Gasteiger charge is -2.08. The van der Waals surface area contributed by atoms with E-state index in [0.717, 1.165) is 5.75 Å². The zero-order valence-electron chi connectivity index (χ0n) is 15.7. The van der Waals surface area contributed by atoms with Crippen LogP contribution in [0.2, 0.25) is 0 Å². The smallest absolute Gasteiger partial charge is 0.291 e. The summed E-state index contributed by atoms with van der Waals surface area (Å²) in [7, 11) is 0. The highest BCUT2D eigenvalue weighted by molar-refractivity contribution is 9.11. The van der Waals surface area contributed by atoms with Crippen molar-refractivity contribution in [3.63, 3.8) is 0 Å². The summed E-state index contributed by atoms with van der Waals surface area (Å²) >= 11 is 6.46. The minimum atomic E-state index is -0.524. The molecule has 0 atom stereocenters. The van der Waals surface area contributed by atoms with Gasteiger partial charge in [-0.3, -0.25) is 14.9 Å². The van der Waals surface area contributed by atoms with Crippen LogP contribution >= 0.6 is 31.9 Å². The summed E-state index contributed by atoms with van der Waals surface area (Å²) in [6.07, 6.45) is 0. The topological polar surface area (TPSA) is 104 Å². The van der Waals surface area contributed by atoms with E-state index in [2.05, 4.69) is 37.2 Å². The van der Waals surface area contributed by atoms with Crippen molar-refractivity contribution in [1.82, 2.24) is 0 Å². The number of halogens is 2. The van der Waals surface area contributed by atoms with Gasteiger partial charge in [-0.05, 0) is 75.2 Å². The number of nitro groups is 1. The van der Waals surface area contributed by atoms with Gasteiger partial charge < -0.3 is 19.2 Å². The summed E-state index contributed by atoms with van der Waals surface area (Å²) < 4.78 is 17.3. The average Bonchev–Trinajstić information content (AvgIpc) is 3.19. The van der Waals surface area contributed by atoms with Gasteiger partial charge in [-0.25, -0.2) is 0 Å². The number of nitro benzene ring substituents is 1. The Kier molecular flexibility index (Phi) is 7.11. The van der Waals surface area contributed by atoms with Crippen LogP contribution in [0.15, 0.2) is 61.9 Å². The van der Waals surface area contributed by atoms with Gasteiger partial charge in [0.05, 0.1) is 17.2 Å². The standard InChI is InChI=1S/C20H16Br2N2O6/c1-2-28-13-3-5-14(6-4-13)29-11-15-7-8-18(30-15)20(25)23-19-16(21)9-12(24(26)27)10-17(19)22/h3-10H,2,11H2,1H3,(H,23,25). The summed E-state index contributed by atoms with van der Waals surface area (Å²) in [5, 5.41) is 13.6. The van der Waals surface area contributed by atoms with E-state index in [9.17, 15) is 14.9 Å². The molecule has 3 aromatic rings. The van der Waals surface area contributed by atoms with Crippen LogP contribution in [0.25, 0.3) is 0 Å². The second-order valence-electron chi connectivity index (χ2n) is 5.95. The monoisotopic (exact) mass is 538 g/mol. The van der Waals surface area contributed by atoms with Crippen LogP contribution in [0.3, 0.4) is 0 Å². The largest absolute Gasteiger partial charge is 0.494 e. The summed E-state index contributed by atoms with van der Waals surface area (Å²) in [4.78, 5) is 22.9. The van der Waals surface area contributed by atoms with Crippen molar-refractivity contribution >= 4 is 49.1 Å². The fourth-order valence-electron chi connectivity index (χ4n) is 2.49. The first kappa shape index (κ1) is 21.8. The van der Waals surface area contributed by atoms with E-state index in [4.69, 9.17) is 13.9 Å². The molecule has 0 unspecified atom stereocenters. The molecule has 1 N–H and O–H groups in total. The molecule has 10 heteroatoms. The van der Waals surface area contributed by atoms with Crippen LogP contribution in [-0.2, 0) is 6.61 Å². The number of benzene rings is 2. The maximum atomic E-state index is 12.5. The van der Waals surface area contributed by atoms with E-state index in [0.29, 0.717) is 32.7 Å². The zero-order chi connectivity index (χ0) is 21.7. The van der Waals surface area contributed by atoms with Gasteiger partial charge in [-0.2, -0.15) is 0 Å². The number of non-ortho nitro benzene ring substituents is 1. The van der Waals surface area contributed by atoms with Crippen LogP contribution in [0.4, 0.5) is 11.4 Å². The van der Waals surface area contributed by atoms with E-state index in [1.807, 2.05) is 6.92 Å². The highest BCUT2D eigenvalue weighted by Crippen LogP contribution is 2.35. The van der Waals surface area contributed by atoms with Crippen molar-refractivity contribution in [2.24, 2.45) is 0 Å². The Labute approximate surface area is 188 Å². The first-order valence-electron chi connectivity index (χ1n) is 8.76. The molecule has 0 aliphatic rings. The van der Waals surface area contributed by atoms with E-state index in [1.54, 1.807) is 30.3 Å². The van der Waals surface area contributed by atoms with Crippen LogP contribution in [0.5, 0.6) is 11.5 Å². The van der Waals surface area contributed by atoms with Crippen molar-refractivity contribution in [2.75, 3.05) is 11.9 Å². The number of amides is 1. The number of nitrogens with zero attached hydrogens (tertiary/aromatic N) is 1. The minimum Gasteiger partial charge on any atom is -0.494 e. The van der Waals surface area contributed by atoms with Crippen LogP contribution in [-0.4, -0.2) is 17.4 Å². The SMILES string of the molecule is CCOc1ccc(OCc2ccc(C(=O)Nc3c(Br)cc([N+](=O)[O-])cc3Br)o2)cc1. The lowest BCUT2D eigenvalue weighted by atomic mass is 10.2. The molecular formula is C20H16Br2N2O6. The Balaban J connectivity index is 1.63. The lowest BCUT2D eigenvalue weighted by molar-refractivity contribution is -0.385. The molecule has 0 aliphatic heterocycles. The summed E-state index contributed by atoms with van der Waals surface area (Å²) in [5.74, 6) is 1.44. The van der Waals surface area contributed by atoms with Gasteiger partial charge in [0, 0.05) is 21.1 Å². The Bertz CT molecular complexity index is 1040. The Hall–Kier alpha value is -2.85. The third kappa shape index (κ3) is 5.39. The normalized spacial score (nSPS) is 10.5. The molecule has 0 radical (unpaired) electrons. The molecule has 156 valence electrons. The fraction of sp³-hybridized carbons (Fsp3) is 0.150. The fourth-order valence-corrected chi connectivity index (χ4v) is 3.85. The maximum absolute atomic E-state index is 12.5.